The first-order chi connectivity index (χ1) is 6.45. The van der Waals surface area contributed by atoms with Crippen LogP contribution in [0.1, 0.15) is 22.3 Å². The summed E-state index contributed by atoms with van der Waals surface area (Å²) in [6.07, 6.45) is -2.15. The second kappa shape index (κ2) is 4.18. The van der Waals surface area contributed by atoms with Gasteiger partial charge in [-0.1, -0.05) is 11.6 Å². The Kier molecular flexibility index (Phi) is 3.38. The highest BCUT2D eigenvalue weighted by Crippen LogP contribution is 2.31. The molecule has 0 radical (unpaired) electrons. The number of halogens is 4. The molecule has 0 saturated carbocycles. The van der Waals surface area contributed by atoms with Crippen molar-refractivity contribution in [2.45, 2.75) is 6.43 Å². The number of aromatic carboxylic acids is 1. The molecule has 0 fully saturated rings. The number of carboxylic acid groups (broad SMARTS) is 1. The van der Waals surface area contributed by atoms with Crippen LogP contribution in [0.5, 0.6) is 0 Å². The van der Waals surface area contributed by atoms with Crippen molar-refractivity contribution in [1.29, 1.82) is 0 Å². The van der Waals surface area contributed by atoms with Gasteiger partial charge in [-0.2, -0.15) is 0 Å². The molecule has 0 bridgehead atoms. The molecular formula is C7H3BrClF2NO2. The third-order valence-corrected chi connectivity index (χ3v) is 2.74. The fourth-order valence-electron chi connectivity index (χ4n) is 0.860. The molecule has 1 rings (SSSR count). The van der Waals surface area contributed by atoms with E-state index >= 15 is 0 Å². The number of hydrogen-bond donors (Lipinski definition) is 1. The van der Waals surface area contributed by atoms with Gasteiger partial charge in [0, 0.05) is 6.20 Å². The molecule has 0 unspecified atom stereocenters. The highest BCUT2D eigenvalue weighted by atomic mass is 79.9. The van der Waals surface area contributed by atoms with E-state index in [1.54, 1.807) is 0 Å². The topological polar surface area (TPSA) is 50.2 Å². The lowest BCUT2D eigenvalue weighted by molar-refractivity contribution is 0.0683. The predicted octanol–water partition coefficient (Wildman–Crippen LogP) is 3.13. The van der Waals surface area contributed by atoms with Crippen LogP contribution < -0.4 is 0 Å². The molecule has 0 atom stereocenters. The van der Waals surface area contributed by atoms with Gasteiger partial charge in [0.2, 0.25) is 0 Å². The van der Waals surface area contributed by atoms with E-state index in [4.69, 9.17) is 16.7 Å². The largest absolute Gasteiger partial charge is 0.478 e. The number of alkyl halides is 2. The normalized spacial score (nSPS) is 10.6. The van der Waals surface area contributed by atoms with E-state index in [0.29, 0.717) is 0 Å². The summed E-state index contributed by atoms with van der Waals surface area (Å²) in [5.41, 5.74) is -1.21. The zero-order valence-corrected chi connectivity index (χ0v) is 8.81. The molecule has 1 aromatic heterocycles. The highest BCUT2D eigenvalue weighted by Gasteiger charge is 2.23. The third kappa shape index (κ3) is 2.01. The van der Waals surface area contributed by atoms with Crippen LogP contribution in [0.2, 0.25) is 5.15 Å². The Bertz CT molecular complexity index is 386. The van der Waals surface area contributed by atoms with E-state index in [9.17, 15) is 13.6 Å². The van der Waals surface area contributed by atoms with Crippen molar-refractivity contribution < 1.29 is 18.7 Å². The number of hydrogen-bond acceptors (Lipinski definition) is 2. The van der Waals surface area contributed by atoms with Crippen LogP contribution >= 0.6 is 27.5 Å². The van der Waals surface area contributed by atoms with E-state index in [1.807, 2.05) is 0 Å². The maximum Gasteiger partial charge on any atom is 0.337 e. The van der Waals surface area contributed by atoms with E-state index in [2.05, 4.69) is 20.9 Å². The summed E-state index contributed by atoms with van der Waals surface area (Å²) >= 11 is 8.26. The summed E-state index contributed by atoms with van der Waals surface area (Å²) in [4.78, 5) is 14.1. The number of nitrogens with zero attached hydrogens (tertiary/aromatic N) is 1. The molecule has 7 heteroatoms. The zero-order valence-electron chi connectivity index (χ0n) is 6.47. The van der Waals surface area contributed by atoms with Crippen LogP contribution in [-0.2, 0) is 0 Å². The van der Waals surface area contributed by atoms with Crippen molar-refractivity contribution in [3.8, 4) is 0 Å². The van der Waals surface area contributed by atoms with E-state index < -0.39 is 23.5 Å². The quantitative estimate of drug-likeness (QED) is 0.850. The summed E-state index contributed by atoms with van der Waals surface area (Å²) in [5, 5.41) is 8.51. The van der Waals surface area contributed by atoms with Gasteiger partial charge in [0.15, 0.2) is 0 Å². The molecule has 1 aromatic rings. The summed E-state index contributed by atoms with van der Waals surface area (Å²) in [5.74, 6) is -1.48. The van der Waals surface area contributed by atoms with Gasteiger partial charge in [-0.3, -0.25) is 0 Å². The van der Waals surface area contributed by atoms with Gasteiger partial charge in [0.25, 0.3) is 6.43 Å². The first-order valence-corrected chi connectivity index (χ1v) is 4.47. The molecule has 76 valence electrons. The van der Waals surface area contributed by atoms with Crippen LogP contribution in [0.25, 0.3) is 0 Å². The van der Waals surface area contributed by atoms with Crippen LogP contribution in [-0.4, -0.2) is 16.1 Å². The summed E-state index contributed by atoms with van der Waals surface area (Å²) in [6.45, 7) is 0. The van der Waals surface area contributed by atoms with Gasteiger partial charge in [-0.15, -0.1) is 0 Å². The van der Waals surface area contributed by atoms with E-state index in [0.717, 1.165) is 6.20 Å². The van der Waals surface area contributed by atoms with Gasteiger partial charge in [0.05, 0.1) is 15.6 Å². The fraction of sp³-hybridized carbons (Fsp3) is 0.143. The molecule has 1 heterocycles. The minimum absolute atomic E-state index is 0.135. The minimum Gasteiger partial charge on any atom is -0.478 e. The average Bonchev–Trinajstić information content (AvgIpc) is 2.08. The first kappa shape index (κ1) is 11.3. The van der Waals surface area contributed by atoms with Crippen molar-refractivity contribution in [3.05, 3.63) is 26.9 Å². The molecule has 0 amide bonds. The molecule has 0 saturated heterocycles. The summed E-state index contributed by atoms with van der Waals surface area (Å²) < 4.78 is 24.5. The van der Waals surface area contributed by atoms with Gasteiger partial charge in [-0.25, -0.2) is 18.6 Å². The van der Waals surface area contributed by atoms with Gasteiger partial charge in [-0.05, 0) is 15.9 Å². The molecule has 14 heavy (non-hydrogen) atoms. The Balaban J connectivity index is 3.45. The molecule has 0 aliphatic heterocycles. The fourth-order valence-corrected chi connectivity index (χ4v) is 1.50. The Morgan fingerprint density at radius 3 is 2.64 bits per heavy atom. The molecule has 3 nitrogen and oxygen atoms in total. The smallest absolute Gasteiger partial charge is 0.337 e. The monoisotopic (exact) mass is 285 g/mol. The SMILES string of the molecule is O=C(O)c1c(C(F)F)cnc(Cl)c1Br. The number of pyridine rings is 1. The molecule has 0 aromatic carbocycles. The summed E-state index contributed by atoms with van der Waals surface area (Å²) in [7, 11) is 0. The van der Waals surface area contributed by atoms with Gasteiger partial charge < -0.3 is 5.11 Å². The molecule has 1 N–H and O–H groups in total. The lowest BCUT2D eigenvalue weighted by Crippen LogP contribution is -2.05. The van der Waals surface area contributed by atoms with Crippen molar-refractivity contribution in [2.75, 3.05) is 0 Å². The second-order valence-electron chi connectivity index (χ2n) is 2.30. The zero-order chi connectivity index (χ0) is 10.9. The third-order valence-electron chi connectivity index (χ3n) is 1.46. The number of aromatic nitrogens is 1. The summed E-state index contributed by atoms with van der Waals surface area (Å²) in [6, 6.07) is 0. The average molecular weight is 286 g/mol. The molecular weight excluding hydrogens is 283 g/mol. The number of carboxylic acids is 1. The minimum atomic E-state index is -2.90. The first-order valence-electron chi connectivity index (χ1n) is 3.30. The lowest BCUT2D eigenvalue weighted by atomic mass is 10.1. The standard InChI is InChI=1S/C7H3BrClF2NO2/c8-4-3(7(13)14)2(6(10)11)1-12-5(4)9/h1,6H,(H,13,14). The van der Waals surface area contributed by atoms with Crippen molar-refractivity contribution in [2.24, 2.45) is 0 Å². The lowest BCUT2D eigenvalue weighted by Gasteiger charge is -2.07. The van der Waals surface area contributed by atoms with Crippen LogP contribution in [0.3, 0.4) is 0 Å². The Labute approximate surface area is 90.8 Å². The van der Waals surface area contributed by atoms with Crippen LogP contribution in [0.15, 0.2) is 10.7 Å². The predicted molar refractivity (Wildman–Crippen MR) is 48.9 cm³/mol. The number of carbonyl (C=O) groups is 1. The van der Waals surface area contributed by atoms with Gasteiger partial charge in [0.1, 0.15) is 5.15 Å². The van der Waals surface area contributed by atoms with Crippen molar-refractivity contribution in [3.63, 3.8) is 0 Å². The highest BCUT2D eigenvalue weighted by molar-refractivity contribution is 9.10. The van der Waals surface area contributed by atoms with Crippen LogP contribution in [0, 0.1) is 0 Å². The second-order valence-corrected chi connectivity index (χ2v) is 3.45. The van der Waals surface area contributed by atoms with E-state index in [1.165, 1.54) is 0 Å². The van der Waals surface area contributed by atoms with Gasteiger partial charge >= 0.3 is 5.97 Å². The Morgan fingerprint density at radius 1 is 1.64 bits per heavy atom. The maximum atomic E-state index is 12.3. The van der Waals surface area contributed by atoms with Crippen LogP contribution in [0.4, 0.5) is 8.78 Å². The Hall–Kier alpha value is -0.750. The maximum absolute atomic E-state index is 12.3. The van der Waals surface area contributed by atoms with E-state index in [-0.39, 0.29) is 9.63 Å². The molecule has 0 aliphatic rings. The number of rotatable bonds is 2. The van der Waals surface area contributed by atoms with Crippen molar-refractivity contribution in [1.82, 2.24) is 4.98 Å². The van der Waals surface area contributed by atoms with Crippen molar-refractivity contribution >= 4 is 33.5 Å². The molecule has 0 spiro atoms. The Morgan fingerprint density at radius 2 is 2.21 bits per heavy atom. The molecule has 0 aliphatic carbocycles.